The van der Waals surface area contributed by atoms with Crippen molar-refractivity contribution in [3.8, 4) is 0 Å². The number of hydrogen-bond donors (Lipinski definition) is 2. The molecule has 0 saturated carbocycles. The van der Waals surface area contributed by atoms with Gasteiger partial charge in [0.05, 0.1) is 6.33 Å². The number of aromatic nitrogens is 2. The van der Waals surface area contributed by atoms with Gasteiger partial charge in [0.2, 0.25) is 0 Å². The molecule has 0 spiro atoms. The maximum Gasteiger partial charge on any atom is 0.251 e. The molecule has 2 rings (SSSR count). The Hall–Kier alpha value is -2.10. The van der Waals surface area contributed by atoms with Crippen molar-refractivity contribution in [1.82, 2.24) is 15.3 Å². The van der Waals surface area contributed by atoms with Crippen molar-refractivity contribution in [1.29, 1.82) is 0 Å². The monoisotopic (exact) mass is 229 g/mol. The summed E-state index contributed by atoms with van der Waals surface area (Å²) >= 11 is 0. The zero-order chi connectivity index (χ0) is 12.1. The summed E-state index contributed by atoms with van der Waals surface area (Å²) in [6.45, 7) is 1.97. The average Bonchev–Trinajstić information content (AvgIpc) is 2.82. The van der Waals surface area contributed by atoms with Gasteiger partial charge in [-0.05, 0) is 19.1 Å². The van der Waals surface area contributed by atoms with E-state index in [2.05, 4.69) is 15.3 Å². The van der Waals surface area contributed by atoms with Crippen LogP contribution in [-0.4, -0.2) is 21.9 Å². The van der Waals surface area contributed by atoms with Crippen molar-refractivity contribution in [2.45, 2.75) is 19.4 Å². The normalized spacial score (nSPS) is 12.1. The number of nitrogens with one attached hydrogen (secondary N) is 2. The van der Waals surface area contributed by atoms with E-state index in [9.17, 15) is 4.79 Å². The van der Waals surface area contributed by atoms with E-state index in [1.165, 1.54) is 0 Å². The number of aromatic amines is 1. The third-order valence-corrected chi connectivity index (χ3v) is 2.49. The first-order valence-electron chi connectivity index (χ1n) is 5.59. The van der Waals surface area contributed by atoms with E-state index in [0.29, 0.717) is 5.56 Å². The maximum absolute atomic E-state index is 11.8. The van der Waals surface area contributed by atoms with Gasteiger partial charge in [0.25, 0.3) is 5.91 Å². The van der Waals surface area contributed by atoms with E-state index >= 15 is 0 Å². The molecule has 1 aromatic carbocycles. The fraction of sp³-hybridized carbons (Fsp3) is 0.231. The van der Waals surface area contributed by atoms with Crippen LogP contribution in [0.5, 0.6) is 0 Å². The van der Waals surface area contributed by atoms with Crippen LogP contribution in [0.15, 0.2) is 42.9 Å². The second kappa shape index (κ2) is 5.30. The zero-order valence-corrected chi connectivity index (χ0v) is 9.68. The lowest BCUT2D eigenvalue weighted by molar-refractivity contribution is 0.0940. The second-order valence-corrected chi connectivity index (χ2v) is 4.02. The lowest BCUT2D eigenvalue weighted by Crippen LogP contribution is -2.34. The molecule has 0 fully saturated rings. The summed E-state index contributed by atoms with van der Waals surface area (Å²) < 4.78 is 0. The molecule has 0 radical (unpaired) electrons. The van der Waals surface area contributed by atoms with Crippen LogP contribution in [0.2, 0.25) is 0 Å². The Labute approximate surface area is 100 Å². The minimum atomic E-state index is -0.0439. The number of carbonyl (C=O) groups is 1. The van der Waals surface area contributed by atoms with Crippen LogP contribution in [0.1, 0.15) is 23.0 Å². The topological polar surface area (TPSA) is 57.8 Å². The molecule has 88 valence electrons. The standard InChI is InChI=1S/C13H15N3O/c1-10(7-12-8-14-9-15-12)16-13(17)11-5-3-2-4-6-11/h2-6,8-10H,7H2,1H3,(H,14,15)(H,16,17). The lowest BCUT2D eigenvalue weighted by atomic mass is 10.1. The Morgan fingerprint density at radius 3 is 2.82 bits per heavy atom. The third-order valence-electron chi connectivity index (χ3n) is 2.49. The number of hydrogen-bond acceptors (Lipinski definition) is 2. The van der Waals surface area contributed by atoms with Crippen molar-refractivity contribution < 1.29 is 4.79 Å². The summed E-state index contributed by atoms with van der Waals surface area (Å²) in [5, 5.41) is 2.95. The van der Waals surface area contributed by atoms with Gasteiger partial charge in [-0.25, -0.2) is 4.98 Å². The van der Waals surface area contributed by atoms with Crippen LogP contribution in [0, 0.1) is 0 Å². The minimum Gasteiger partial charge on any atom is -0.349 e. The zero-order valence-electron chi connectivity index (χ0n) is 9.68. The molecule has 0 aliphatic rings. The number of H-pyrrole nitrogens is 1. The van der Waals surface area contributed by atoms with Crippen molar-refractivity contribution in [3.63, 3.8) is 0 Å². The van der Waals surface area contributed by atoms with Crippen LogP contribution in [0.3, 0.4) is 0 Å². The number of amides is 1. The number of rotatable bonds is 4. The number of benzene rings is 1. The van der Waals surface area contributed by atoms with Gasteiger partial charge in [0.15, 0.2) is 0 Å². The maximum atomic E-state index is 11.8. The van der Waals surface area contributed by atoms with Crippen molar-refractivity contribution in [2.75, 3.05) is 0 Å². The molecule has 2 N–H and O–H groups in total. The van der Waals surface area contributed by atoms with Crippen LogP contribution in [0.4, 0.5) is 0 Å². The van der Waals surface area contributed by atoms with Gasteiger partial charge >= 0.3 is 0 Å². The molecule has 4 heteroatoms. The van der Waals surface area contributed by atoms with Gasteiger partial charge < -0.3 is 10.3 Å². The van der Waals surface area contributed by atoms with Gasteiger partial charge in [-0.2, -0.15) is 0 Å². The second-order valence-electron chi connectivity index (χ2n) is 4.02. The first-order valence-corrected chi connectivity index (χ1v) is 5.59. The highest BCUT2D eigenvalue weighted by atomic mass is 16.1. The molecule has 17 heavy (non-hydrogen) atoms. The smallest absolute Gasteiger partial charge is 0.251 e. The van der Waals surface area contributed by atoms with E-state index in [1.807, 2.05) is 25.1 Å². The van der Waals surface area contributed by atoms with Crippen LogP contribution in [-0.2, 0) is 6.42 Å². The van der Waals surface area contributed by atoms with Gasteiger partial charge in [0.1, 0.15) is 0 Å². The highest BCUT2D eigenvalue weighted by Crippen LogP contribution is 2.01. The van der Waals surface area contributed by atoms with Gasteiger partial charge in [0, 0.05) is 29.9 Å². The summed E-state index contributed by atoms with van der Waals surface area (Å²) in [4.78, 5) is 18.8. The summed E-state index contributed by atoms with van der Waals surface area (Å²) in [7, 11) is 0. The molecule has 0 saturated heterocycles. The molecule has 1 atom stereocenters. The summed E-state index contributed by atoms with van der Waals surface area (Å²) in [6, 6.07) is 9.28. The molecular weight excluding hydrogens is 214 g/mol. The molecule has 1 unspecified atom stereocenters. The molecule has 0 aliphatic heterocycles. The van der Waals surface area contributed by atoms with E-state index in [-0.39, 0.29) is 11.9 Å². The minimum absolute atomic E-state index is 0.0439. The molecule has 1 heterocycles. The van der Waals surface area contributed by atoms with Crippen molar-refractivity contribution >= 4 is 5.91 Å². The molecule has 1 amide bonds. The van der Waals surface area contributed by atoms with Gasteiger partial charge in [-0.3, -0.25) is 4.79 Å². The predicted molar refractivity (Wildman–Crippen MR) is 65.7 cm³/mol. The quantitative estimate of drug-likeness (QED) is 0.839. The van der Waals surface area contributed by atoms with E-state index in [4.69, 9.17) is 0 Å². The van der Waals surface area contributed by atoms with E-state index in [0.717, 1.165) is 12.1 Å². The first-order chi connectivity index (χ1) is 8.25. The summed E-state index contributed by atoms with van der Waals surface area (Å²) in [5.41, 5.74) is 1.70. The van der Waals surface area contributed by atoms with Crippen molar-refractivity contribution in [3.05, 3.63) is 54.1 Å². The Kier molecular flexibility index (Phi) is 3.55. The molecule has 1 aromatic heterocycles. The molecule has 0 aliphatic carbocycles. The molecule has 0 bridgehead atoms. The largest absolute Gasteiger partial charge is 0.349 e. The lowest BCUT2D eigenvalue weighted by Gasteiger charge is -2.12. The fourth-order valence-corrected chi connectivity index (χ4v) is 1.67. The third kappa shape index (κ3) is 3.17. The Bertz CT molecular complexity index is 465. The number of nitrogens with zero attached hydrogens (tertiary/aromatic N) is 1. The summed E-state index contributed by atoms with van der Waals surface area (Å²) in [5.74, 6) is -0.0439. The number of imidazole rings is 1. The van der Waals surface area contributed by atoms with Gasteiger partial charge in [-0.1, -0.05) is 18.2 Å². The molecule has 2 aromatic rings. The highest BCUT2D eigenvalue weighted by Gasteiger charge is 2.10. The Morgan fingerprint density at radius 1 is 1.41 bits per heavy atom. The van der Waals surface area contributed by atoms with Crippen molar-refractivity contribution in [2.24, 2.45) is 0 Å². The first kappa shape index (κ1) is 11.4. The SMILES string of the molecule is CC(Cc1cnc[nH]1)NC(=O)c1ccccc1. The van der Waals surface area contributed by atoms with Crippen LogP contribution >= 0.6 is 0 Å². The predicted octanol–water partition coefficient (Wildman–Crippen LogP) is 1.77. The highest BCUT2D eigenvalue weighted by molar-refractivity contribution is 5.94. The van der Waals surface area contributed by atoms with Gasteiger partial charge in [-0.15, -0.1) is 0 Å². The molecule has 4 nitrogen and oxygen atoms in total. The van der Waals surface area contributed by atoms with E-state index in [1.54, 1.807) is 24.7 Å². The van der Waals surface area contributed by atoms with Crippen LogP contribution in [0.25, 0.3) is 0 Å². The Balaban J connectivity index is 1.91. The number of carbonyl (C=O) groups excluding carboxylic acids is 1. The van der Waals surface area contributed by atoms with E-state index < -0.39 is 0 Å². The molecular formula is C13H15N3O. The summed E-state index contributed by atoms with van der Waals surface area (Å²) in [6.07, 6.45) is 4.16. The average molecular weight is 229 g/mol. The van der Waals surface area contributed by atoms with Crippen LogP contribution < -0.4 is 5.32 Å². The Morgan fingerprint density at radius 2 is 2.18 bits per heavy atom. The fourth-order valence-electron chi connectivity index (χ4n) is 1.67.